The molecule has 1 aromatic rings. The number of aromatic nitrogens is 2. The van der Waals surface area contributed by atoms with Crippen molar-refractivity contribution < 1.29 is 4.79 Å². The molecular formula is C15H24N4O. The Kier molecular flexibility index (Phi) is 5.77. The molecule has 0 unspecified atom stereocenters. The first kappa shape index (κ1) is 14.8. The lowest BCUT2D eigenvalue weighted by Gasteiger charge is -2.20. The van der Waals surface area contributed by atoms with Crippen LogP contribution in [0.4, 0.5) is 5.82 Å². The summed E-state index contributed by atoms with van der Waals surface area (Å²) < 4.78 is 0. The highest BCUT2D eigenvalue weighted by Crippen LogP contribution is 2.25. The molecule has 2 rings (SSSR count). The molecule has 1 aromatic heterocycles. The van der Waals surface area contributed by atoms with Gasteiger partial charge in [-0.1, -0.05) is 19.3 Å². The Hall–Kier alpha value is -1.65. The second-order valence-corrected chi connectivity index (χ2v) is 5.53. The van der Waals surface area contributed by atoms with E-state index in [9.17, 15) is 4.79 Å². The van der Waals surface area contributed by atoms with E-state index >= 15 is 0 Å². The summed E-state index contributed by atoms with van der Waals surface area (Å²) in [6.07, 6.45) is 10.4. The minimum absolute atomic E-state index is 0.175. The van der Waals surface area contributed by atoms with Crippen molar-refractivity contribution in [3.8, 4) is 0 Å². The predicted octanol–water partition coefficient (Wildman–Crippen LogP) is 2.28. The van der Waals surface area contributed by atoms with Crippen molar-refractivity contribution in [3.05, 3.63) is 18.1 Å². The highest BCUT2D eigenvalue weighted by Gasteiger charge is 2.16. The number of hydrogen-bond acceptors (Lipinski definition) is 4. The van der Waals surface area contributed by atoms with Crippen molar-refractivity contribution in [2.45, 2.75) is 45.4 Å². The number of hydrogen-bond donors (Lipinski definition) is 2. The summed E-state index contributed by atoms with van der Waals surface area (Å²) in [7, 11) is 0. The molecule has 2 N–H and O–H groups in total. The molecule has 0 aliphatic heterocycles. The fraction of sp³-hybridized carbons (Fsp3) is 0.667. The van der Waals surface area contributed by atoms with E-state index in [0.29, 0.717) is 25.4 Å². The third kappa shape index (κ3) is 5.15. The van der Waals surface area contributed by atoms with Crippen LogP contribution < -0.4 is 10.6 Å². The third-order valence-electron chi connectivity index (χ3n) is 3.71. The van der Waals surface area contributed by atoms with Crippen LogP contribution in [0.25, 0.3) is 0 Å². The summed E-state index contributed by atoms with van der Waals surface area (Å²) in [6, 6.07) is 0. The quantitative estimate of drug-likeness (QED) is 0.782. The van der Waals surface area contributed by atoms with Crippen LogP contribution in [0.5, 0.6) is 0 Å². The fourth-order valence-corrected chi connectivity index (χ4v) is 2.67. The van der Waals surface area contributed by atoms with Gasteiger partial charge in [-0.3, -0.25) is 9.78 Å². The number of anilines is 1. The van der Waals surface area contributed by atoms with Crippen molar-refractivity contribution >= 4 is 11.7 Å². The van der Waals surface area contributed by atoms with Gasteiger partial charge in [0.2, 0.25) is 5.91 Å². The van der Waals surface area contributed by atoms with Gasteiger partial charge in [-0.2, -0.15) is 0 Å². The lowest BCUT2D eigenvalue weighted by molar-refractivity contribution is -0.122. The second kappa shape index (κ2) is 7.82. The van der Waals surface area contributed by atoms with Crippen LogP contribution in [-0.4, -0.2) is 29.0 Å². The third-order valence-corrected chi connectivity index (χ3v) is 3.71. The number of rotatable bonds is 6. The minimum Gasteiger partial charge on any atom is -0.367 e. The molecule has 5 heteroatoms. The predicted molar refractivity (Wildman–Crippen MR) is 79.5 cm³/mol. The summed E-state index contributed by atoms with van der Waals surface area (Å²) in [5.41, 5.74) is 0.885. The van der Waals surface area contributed by atoms with E-state index < -0.39 is 0 Å². The van der Waals surface area contributed by atoms with Gasteiger partial charge in [0.25, 0.3) is 0 Å². The SMILES string of the molecule is Cc1cncc(NCCNC(=O)CC2CCCCC2)n1. The summed E-state index contributed by atoms with van der Waals surface area (Å²) in [4.78, 5) is 20.2. The summed E-state index contributed by atoms with van der Waals surface area (Å²) >= 11 is 0. The van der Waals surface area contributed by atoms with Gasteiger partial charge in [0.1, 0.15) is 5.82 Å². The zero-order chi connectivity index (χ0) is 14.2. The van der Waals surface area contributed by atoms with Gasteiger partial charge >= 0.3 is 0 Å². The van der Waals surface area contributed by atoms with E-state index in [1.54, 1.807) is 12.4 Å². The molecular weight excluding hydrogens is 252 g/mol. The number of nitrogens with one attached hydrogen (secondary N) is 2. The van der Waals surface area contributed by atoms with Gasteiger partial charge in [-0.05, 0) is 25.7 Å². The number of aryl methyl sites for hydroxylation is 1. The fourth-order valence-electron chi connectivity index (χ4n) is 2.67. The monoisotopic (exact) mass is 276 g/mol. The lowest BCUT2D eigenvalue weighted by Crippen LogP contribution is -2.30. The highest BCUT2D eigenvalue weighted by atomic mass is 16.1. The van der Waals surface area contributed by atoms with E-state index in [0.717, 1.165) is 11.5 Å². The number of amides is 1. The van der Waals surface area contributed by atoms with Crippen LogP contribution in [0.15, 0.2) is 12.4 Å². The van der Waals surface area contributed by atoms with Gasteiger partial charge in [0, 0.05) is 25.7 Å². The molecule has 110 valence electrons. The van der Waals surface area contributed by atoms with E-state index in [-0.39, 0.29) is 5.91 Å². The van der Waals surface area contributed by atoms with E-state index in [1.165, 1.54) is 32.1 Å². The summed E-state index contributed by atoms with van der Waals surface area (Å²) in [5, 5.41) is 6.12. The molecule has 0 saturated heterocycles. The molecule has 1 fully saturated rings. The average molecular weight is 276 g/mol. The van der Waals surface area contributed by atoms with Crippen molar-refractivity contribution in [2.75, 3.05) is 18.4 Å². The maximum absolute atomic E-state index is 11.8. The van der Waals surface area contributed by atoms with Crippen LogP contribution in [0.1, 0.15) is 44.2 Å². The number of nitrogens with zero attached hydrogens (tertiary/aromatic N) is 2. The van der Waals surface area contributed by atoms with E-state index in [4.69, 9.17) is 0 Å². The molecule has 1 heterocycles. The zero-order valence-electron chi connectivity index (χ0n) is 12.2. The molecule has 5 nitrogen and oxygen atoms in total. The van der Waals surface area contributed by atoms with E-state index in [1.807, 2.05) is 6.92 Å². The summed E-state index contributed by atoms with van der Waals surface area (Å²) in [6.45, 7) is 3.21. The molecule has 1 amide bonds. The number of carbonyl (C=O) groups excluding carboxylic acids is 1. The molecule has 0 bridgehead atoms. The zero-order valence-corrected chi connectivity index (χ0v) is 12.2. The Morgan fingerprint density at radius 3 is 2.80 bits per heavy atom. The van der Waals surface area contributed by atoms with Crippen LogP contribution in [0, 0.1) is 12.8 Å². The molecule has 0 spiro atoms. The van der Waals surface area contributed by atoms with Crippen molar-refractivity contribution in [3.63, 3.8) is 0 Å². The van der Waals surface area contributed by atoms with Gasteiger partial charge in [-0.25, -0.2) is 4.98 Å². The smallest absolute Gasteiger partial charge is 0.220 e. The molecule has 0 aromatic carbocycles. The van der Waals surface area contributed by atoms with Gasteiger partial charge < -0.3 is 10.6 Å². The first-order valence-electron chi connectivity index (χ1n) is 7.53. The minimum atomic E-state index is 0.175. The van der Waals surface area contributed by atoms with Crippen molar-refractivity contribution in [1.29, 1.82) is 0 Å². The van der Waals surface area contributed by atoms with Crippen molar-refractivity contribution in [1.82, 2.24) is 15.3 Å². The first-order valence-corrected chi connectivity index (χ1v) is 7.53. The van der Waals surface area contributed by atoms with E-state index in [2.05, 4.69) is 20.6 Å². The normalized spacial score (nSPS) is 15.8. The van der Waals surface area contributed by atoms with Crippen LogP contribution >= 0.6 is 0 Å². The average Bonchev–Trinajstić information content (AvgIpc) is 2.45. The Bertz CT molecular complexity index is 430. The van der Waals surface area contributed by atoms with Gasteiger partial charge in [0.15, 0.2) is 0 Å². The van der Waals surface area contributed by atoms with Crippen molar-refractivity contribution in [2.24, 2.45) is 5.92 Å². The second-order valence-electron chi connectivity index (χ2n) is 5.53. The Morgan fingerprint density at radius 1 is 1.25 bits per heavy atom. The first-order chi connectivity index (χ1) is 9.74. The molecule has 0 atom stereocenters. The van der Waals surface area contributed by atoms with Crippen LogP contribution in [0.3, 0.4) is 0 Å². The Balaban J connectivity index is 1.59. The Morgan fingerprint density at radius 2 is 2.05 bits per heavy atom. The van der Waals surface area contributed by atoms with Gasteiger partial charge in [0.05, 0.1) is 11.9 Å². The molecule has 0 radical (unpaired) electrons. The maximum atomic E-state index is 11.8. The molecule has 1 saturated carbocycles. The van der Waals surface area contributed by atoms with Crippen LogP contribution in [0.2, 0.25) is 0 Å². The largest absolute Gasteiger partial charge is 0.367 e. The standard InChI is InChI=1S/C15H24N4O/c1-12-10-16-11-14(19-12)17-7-8-18-15(20)9-13-5-3-2-4-6-13/h10-11,13H,2-9H2,1H3,(H,17,19)(H,18,20). The Labute approximate surface area is 120 Å². The van der Waals surface area contributed by atoms with Gasteiger partial charge in [-0.15, -0.1) is 0 Å². The number of carbonyl (C=O) groups is 1. The maximum Gasteiger partial charge on any atom is 0.220 e. The highest BCUT2D eigenvalue weighted by molar-refractivity contribution is 5.76. The molecule has 1 aliphatic rings. The topological polar surface area (TPSA) is 66.9 Å². The summed E-state index contributed by atoms with van der Waals surface area (Å²) in [5.74, 6) is 1.53. The lowest BCUT2D eigenvalue weighted by atomic mass is 9.87. The molecule has 1 aliphatic carbocycles. The molecule has 20 heavy (non-hydrogen) atoms. The van der Waals surface area contributed by atoms with Crippen LogP contribution in [-0.2, 0) is 4.79 Å².